The molecule has 1 aromatic heterocycles. The van der Waals surface area contributed by atoms with Gasteiger partial charge in [-0.05, 0) is 13.0 Å². The van der Waals surface area contributed by atoms with E-state index < -0.39 is 0 Å². The molecule has 90 valence electrons. The minimum atomic E-state index is 0.0856. The molecule has 0 amide bonds. The van der Waals surface area contributed by atoms with Crippen LogP contribution in [0.15, 0.2) is 10.9 Å². The van der Waals surface area contributed by atoms with E-state index >= 15 is 0 Å². The van der Waals surface area contributed by atoms with E-state index in [1.165, 1.54) is 0 Å². The number of nitrogens with zero attached hydrogens (tertiary/aromatic N) is 2. The Bertz CT molecular complexity index is 302. The molecular weight excluding hydrogens is 222 g/mol. The van der Waals surface area contributed by atoms with Crippen molar-refractivity contribution in [3.8, 4) is 0 Å². The minimum Gasteiger partial charge on any atom is -0.374 e. The molecule has 2 atom stereocenters. The van der Waals surface area contributed by atoms with Crippen LogP contribution in [0.2, 0.25) is 0 Å². The van der Waals surface area contributed by atoms with E-state index in [1.807, 2.05) is 5.51 Å². The Morgan fingerprint density at radius 1 is 1.69 bits per heavy atom. The lowest BCUT2D eigenvalue weighted by Gasteiger charge is -2.39. The molecule has 16 heavy (non-hydrogen) atoms. The largest absolute Gasteiger partial charge is 0.374 e. The Morgan fingerprint density at radius 2 is 2.56 bits per heavy atom. The van der Waals surface area contributed by atoms with Gasteiger partial charge in [0, 0.05) is 18.5 Å². The highest BCUT2D eigenvalue weighted by molar-refractivity contribution is 7.07. The fourth-order valence-corrected chi connectivity index (χ4v) is 2.85. The van der Waals surface area contributed by atoms with Crippen molar-refractivity contribution in [2.24, 2.45) is 5.73 Å². The van der Waals surface area contributed by atoms with Crippen LogP contribution >= 0.6 is 11.3 Å². The van der Waals surface area contributed by atoms with Crippen LogP contribution < -0.4 is 5.73 Å². The molecule has 1 fully saturated rings. The van der Waals surface area contributed by atoms with Crippen molar-refractivity contribution in [3.63, 3.8) is 0 Å². The number of ether oxygens (including phenoxy) is 1. The van der Waals surface area contributed by atoms with E-state index in [0.717, 1.165) is 31.8 Å². The lowest BCUT2D eigenvalue weighted by Crippen LogP contribution is -2.48. The van der Waals surface area contributed by atoms with Gasteiger partial charge < -0.3 is 10.5 Å². The molecule has 2 unspecified atom stereocenters. The summed E-state index contributed by atoms with van der Waals surface area (Å²) >= 11 is 1.63. The second kappa shape index (κ2) is 5.72. The van der Waals surface area contributed by atoms with Crippen molar-refractivity contribution in [2.75, 3.05) is 26.2 Å². The number of morpholine rings is 1. The Balaban J connectivity index is 2.17. The monoisotopic (exact) mass is 241 g/mol. The summed E-state index contributed by atoms with van der Waals surface area (Å²) in [6.45, 7) is 5.60. The molecule has 2 rings (SSSR count). The highest BCUT2D eigenvalue weighted by atomic mass is 32.1. The maximum Gasteiger partial charge on any atom is 0.0910 e. The number of nitrogens with two attached hydrogens (primary N) is 1. The van der Waals surface area contributed by atoms with Gasteiger partial charge in [0.25, 0.3) is 0 Å². The zero-order valence-corrected chi connectivity index (χ0v) is 10.4. The summed E-state index contributed by atoms with van der Waals surface area (Å²) in [5, 5.41) is 2.10. The van der Waals surface area contributed by atoms with E-state index in [-0.39, 0.29) is 12.1 Å². The summed E-state index contributed by atoms with van der Waals surface area (Å²) in [5.41, 5.74) is 8.76. The maximum absolute atomic E-state index is 5.78. The van der Waals surface area contributed by atoms with Crippen LogP contribution in [0.5, 0.6) is 0 Å². The highest BCUT2D eigenvalue weighted by Crippen LogP contribution is 2.28. The first-order valence-corrected chi connectivity index (χ1v) is 6.75. The van der Waals surface area contributed by atoms with E-state index in [4.69, 9.17) is 10.5 Å². The average molecular weight is 241 g/mol. The zero-order chi connectivity index (χ0) is 11.4. The molecule has 4 nitrogen and oxygen atoms in total. The van der Waals surface area contributed by atoms with Gasteiger partial charge >= 0.3 is 0 Å². The minimum absolute atomic E-state index is 0.0856. The van der Waals surface area contributed by atoms with Crippen LogP contribution in [0.25, 0.3) is 0 Å². The molecule has 1 aliphatic rings. The predicted octanol–water partition coefficient (Wildman–Crippen LogP) is 1.25. The van der Waals surface area contributed by atoms with Gasteiger partial charge in [-0.3, -0.25) is 4.90 Å². The molecule has 1 saturated heterocycles. The van der Waals surface area contributed by atoms with E-state index in [1.54, 1.807) is 11.3 Å². The molecule has 2 heterocycles. The first-order valence-electron chi connectivity index (χ1n) is 5.80. The number of rotatable bonds is 4. The summed E-state index contributed by atoms with van der Waals surface area (Å²) in [5.74, 6) is 0. The number of hydrogen-bond acceptors (Lipinski definition) is 5. The quantitative estimate of drug-likeness (QED) is 0.862. The number of aromatic nitrogens is 1. The summed E-state index contributed by atoms with van der Waals surface area (Å²) in [7, 11) is 0. The summed E-state index contributed by atoms with van der Waals surface area (Å²) < 4.78 is 5.74. The lowest BCUT2D eigenvalue weighted by atomic mass is 10.0. The topological polar surface area (TPSA) is 51.4 Å². The van der Waals surface area contributed by atoms with Gasteiger partial charge in [-0.2, -0.15) is 0 Å². The average Bonchev–Trinajstić information content (AvgIpc) is 2.82. The Labute approximate surface area is 100 Å². The first kappa shape index (κ1) is 12.0. The van der Waals surface area contributed by atoms with Crippen molar-refractivity contribution < 1.29 is 4.74 Å². The molecule has 2 N–H and O–H groups in total. The second-order valence-corrected chi connectivity index (χ2v) is 4.76. The molecule has 0 spiro atoms. The molecule has 0 saturated carbocycles. The predicted molar refractivity (Wildman–Crippen MR) is 65.5 cm³/mol. The molecular formula is C11H19N3OS. The highest BCUT2D eigenvalue weighted by Gasteiger charge is 2.33. The molecule has 1 aliphatic heterocycles. The molecule has 0 bridgehead atoms. The van der Waals surface area contributed by atoms with Crippen molar-refractivity contribution >= 4 is 11.3 Å². The third-order valence-corrected chi connectivity index (χ3v) is 3.56. The van der Waals surface area contributed by atoms with Crippen molar-refractivity contribution in [1.82, 2.24) is 9.88 Å². The van der Waals surface area contributed by atoms with Crippen LogP contribution in [0.3, 0.4) is 0 Å². The molecule has 0 aromatic carbocycles. The Hall–Kier alpha value is -0.490. The van der Waals surface area contributed by atoms with Gasteiger partial charge in [-0.25, -0.2) is 4.98 Å². The molecule has 0 aliphatic carbocycles. The van der Waals surface area contributed by atoms with Gasteiger partial charge in [-0.15, -0.1) is 11.3 Å². The summed E-state index contributed by atoms with van der Waals surface area (Å²) in [6, 6.07) is 0.241. The van der Waals surface area contributed by atoms with Crippen LogP contribution in [-0.4, -0.2) is 42.2 Å². The van der Waals surface area contributed by atoms with Crippen molar-refractivity contribution in [3.05, 3.63) is 16.6 Å². The third kappa shape index (κ3) is 2.43. The van der Waals surface area contributed by atoms with Crippen LogP contribution in [0, 0.1) is 0 Å². The lowest BCUT2D eigenvalue weighted by molar-refractivity contribution is -0.0688. The van der Waals surface area contributed by atoms with E-state index in [0.29, 0.717) is 6.54 Å². The van der Waals surface area contributed by atoms with Crippen LogP contribution in [0.1, 0.15) is 25.1 Å². The normalized spacial score (nSPS) is 27.1. The summed E-state index contributed by atoms with van der Waals surface area (Å²) in [6.07, 6.45) is 1.24. The molecule has 0 radical (unpaired) electrons. The zero-order valence-electron chi connectivity index (χ0n) is 9.63. The van der Waals surface area contributed by atoms with E-state index in [2.05, 4.69) is 22.2 Å². The third-order valence-electron chi connectivity index (χ3n) is 2.95. The number of hydrogen-bond donors (Lipinski definition) is 1. The molecule has 5 heteroatoms. The van der Waals surface area contributed by atoms with Gasteiger partial charge in [-0.1, -0.05) is 6.92 Å². The smallest absolute Gasteiger partial charge is 0.0910 e. The Kier molecular flexibility index (Phi) is 4.29. The first-order chi connectivity index (χ1) is 7.86. The fraction of sp³-hybridized carbons (Fsp3) is 0.727. The van der Waals surface area contributed by atoms with Crippen LogP contribution in [0.4, 0.5) is 0 Å². The van der Waals surface area contributed by atoms with Crippen LogP contribution in [-0.2, 0) is 4.74 Å². The molecule has 1 aromatic rings. The van der Waals surface area contributed by atoms with Gasteiger partial charge in [0.1, 0.15) is 0 Å². The summed E-state index contributed by atoms with van der Waals surface area (Å²) in [4.78, 5) is 6.85. The maximum atomic E-state index is 5.78. The number of thiazole rings is 1. The van der Waals surface area contributed by atoms with Gasteiger partial charge in [0.05, 0.1) is 30.0 Å². The van der Waals surface area contributed by atoms with Crippen molar-refractivity contribution in [1.29, 1.82) is 0 Å². The second-order valence-electron chi connectivity index (χ2n) is 4.04. The SMILES string of the molecule is CCCN1CCOC(CN)C1c1cscn1. The standard InChI is InChI=1S/C11H19N3OS/c1-2-3-14-4-5-15-10(6-12)11(14)9-7-16-8-13-9/h7-8,10-11H,2-6,12H2,1H3. The van der Waals surface area contributed by atoms with E-state index in [9.17, 15) is 0 Å². The van der Waals surface area contributed by atoms with Gasteiger partial charge in [0.2, 0.25) is 0 Å². The Morgan fingerprint density at radius 3 is 3.19 bits per heavy atom. The van der Waals surface area contributed by atoms with Gasteiger partial charge in [0.15, 0.2) is 0 Å². The van der Waals surface area contributed by atoms with Crippen molar-refractivity contribution in [2.45, 2.75) is 25.5 Å². The fourth-order valence-electron chi connectivity index (χ4n) is 2.27.